The normalized spacial score (nSPS) is 16.9. The van der Waals surface area contributed by atoms with E-state index in [4.69, 9.17) is 5.26 Å². The van der Waals surface area contributed by atoms with Crippen molar-refractivity contribution in [1.82, 2.24) is 24.6 Å². The molecule has 2 fully saturated rings. The number of nitrogens with one attached hydrogen (secondary N) is 1. The van der Waals surface area contributed by atoms with Gasteiger partial charge in [-0.05, 0) is 95.9 Å². The van der Waals surface area contributed by atoms with Crippen molar-refractivity contribution < 1.29 is 18.0 Å². The zero-order valence-corrected chi connectivity index (χ0v) is 26.3. The van der Waals surface area contributed by atoms with Gasteiger partial charge in [0.15, 0.2) is 5.82 Å². The summed E-state index contributed by atoms with van der Waals surface area (Å²) >= 11 is 0. The number of aromatic nitrogens is 4. The molecule has 4 aromatic rings. The molecule has 0 radical (unpaired) electrons. The van der Waals surface area contributed by atoms with E-state index in [0.717, 1.165) is 32.4 Å². The quantitative estimate of drug-likeness (QED) is 0.220. The van der Waals surface area contributed by atoms with Gasteiger partial charge in [-0.1, -0.05) is 6.42 Å². The van der Waals surface area contributed by atoms with Gasteiger partial charge in [-0.15, -0.1) is 10.2 Å². The first-order valence-corrected chi connectivity index (χ1v) is 15.9. The number of hydrogen-bond acceptors (Lipinski definition) is 8. The summed E-state index contributed by atoms with van der Waals surface area (Å²) in [6.45, 7) is 2.01. The third kappa shape index (κ3) is 5.75. The Balaban J connectivity index is 1.29. The second kappa shape index (κ2) is 12.1. The van der Waals surface area contributed by atoms with Crippen LogP contribution in [0.5, 0.6) is 0 Å². The number of hydrogen-bond donors (Lipinski definition) is 1. The number of carbonyl (C=O) groups excluding carboxylic acids is 1. The van der Waals surface area contributed by atoms with Crippen molar-refractivity contribution in [3.05, 3.63) is 76.6 Å². The zero-order valence-electron chi connectivity index (χ0n) is 26.3. The number of amides is 1. The average molecular weight is 652 g/mol. The van der Waals surface area contributed by atoms with E-state index in [2.05, 4.69) is 37.5 Å². The van der Waals surface area contributed by atoms with Gasteiger partial charge in [0.25, 0.3) is 5.91 Å². The van der Waals surface area contributed by atoms with Crippen molar-refractivity contribution in [2.24, 2.45) is 12.5 Å². The molecule has 3 aliphatic rings. The molecule has 48 heavy (non-hydrogen) atoms. The molecule has 2 aliphatic heterocycles. The summed E-state index contributed by atoms with van der Waals surface area (Å²) in [4.78, 5) is 22.1. The Morgan fingerprint density at radius 3 is 2.54 bits per heavy atom. The highest BCUT2D eigenvalue weighted by Crippen LogP contribution is 2.48. The van der Waals surface area contributed by atoms with Gasteiger partial charge in [-0.2, -0.15) is 23.7 Å². The number of carbonyl (C=O) groups is 1. The third-order valence-electron chi connectivity index (χ3n) is 9.79. The molecule has 1 amide bonds. The van der Waals surface area contributed by atoms with E-state index < -0.39 is 17.6 Å². The average Bonchev–Trinajstić information content (AvgIpc) is 3.77. The molecule has 0 bridgehead atoms. The highest BCUT2D eigenvalue weighted by atomic mass is 19.4. The molecular formula is C35H32F3N9O. The second-order valence-electron chi connectivity index (χ2n) is 12.9. The van der Waals surface area contributed by atoms with E-state index in [1.54, 1.807) is 54.3 Å². The first-order chi connectivity index (χ1) is 23.1. The number of likely N-dealkylation sites (tertiary alicyclic amines) is 1. The molecule has 0 unspecified atom stereocenters. The second-order valence-corrected chi connectivity index (χ2v) is 12.9. The van der Waals surface area contributed by atoms with Crippen molar-refractivity contribution in [1.29, 1.82) is 10.5 Å². The molecule has 1 spiro atoms. The minimum Gasteiger partial charge on any atom is -0.369 e. The van der Waals surface area contributed by atoms with Crippen LogP contribution in [0.2, 0.25) is 0 Å². The van der Waals surface area contributed by atoms with Crippen molar-refractivity contribution in [3.8, 4) is 34.7 Å². The number of nitrogens with zero attached hydrogens (tertiary/aromatic N) is 8. The molecule has 2 aromatic carbocycles. The summed E-state index contributed by atoms with van der Waals surface area (Å²) in [6, 6.07) is 15.5. The topological polar surface area (TPSA) is 127 Å². The lowest BCUT2D eigenvalue weighted by atomic mass is 9.68. The standard InChI is InChI=1S/C35H32F3N9O/c1-45-21-42-44-32(45)25-5-4-22(17-40)12-26(25)24-15-30(41-10-3-9-39)43-31(16-24)47-19-28-27(33(47)48)13-23(14-29(28)35(36,37)38)18-46-11-8-34(20-46)6-2-7-34/h4-5,12-16,21H,2-3,6-8,10-11,18-20H2,1H3,(H,41,43). The Kier molecular flexibility index (Phi) is 7.88. The van der Waals surface area contributed by atoms with Crippen LogP contribution >= 0.6 is 0 Å². The Morgan fingerprint density at radius 1 is 1.04 bits per heavy atom. The predicted octanol–water partition coefficient (Wildman–Crippen LogP) is 6.30. The minimum atomic E-state index is -4.65. The zero-order chi connectivity index (χ0) is 33.6. The molecule has 13 heteroatoms. The van der Waals surface area contributed by atoms with Gasteiger partial charge in [-0.3, -0.25) is 14.6 Å². The van der Waals surface area contributed by atoms with Gasteiger partial charge in [0.2, 0.25) is 0 Å². The third-order valence-corrected chi connectivity index (χ3v) is 9.79. The number of anilines is 2. The molecule has 1 N–H and O–H groups in total. The maximum absolute atomic E-state index is 14.6. The predicted molar refractivity (Wildman–Crippen MR) is 171 cm³/mol. The molecule has 4 heterocycles. The molecule has 1 saturated carbocycles. The van der Waals surface area contributed by atoms with Crippen LogP contribution < -0.4 is 10.2 Å². The maximum atomic E-state index is 14.6. The molecule has 1 aliphatic carbocycles. The van der Waals surface area contributed by atoms with E-state index >= 15 is 0 Å². The van der Waals surface area contributed by atoms with Crippen LogP contribution in [-0.4, -0.2) is 50.2 Å². The number of pyridine rings is 1. The van der Waals surface area contributed by atoms with Gasteiger partial charge in [0, 0.05) is 37.8 Å². The summed E-state index contributed by atoms with van der Waals surface area (Å²) in [5, 5.41) is 30.1. The SMILES string of the molecule is Cn1cnnc1-c1ccc(C#N)cc1-c1cc(NCCC#N)nc(N2Cc3c(cc(CN4CCC5(CCC5)C4)cc3C(F)(F)F)C2=O)c1. The van der Waals surface area contributed by atoms with Crippen LogP contribution in [0.4, 0.5) is 24.8 Å². The fourth-order valence-electron chi connectivity index (χ4n) is 7.22. The van der Waals surface area contributed by atoms with Crippen LogP contribution in [0.1, 0.15) is 64.7 Å². The Morgan fingerprint density at radius 2 is 1.88 bits per heavy atom. The van der Waals surface area contributed by atoms with Crippen LogP contribution in [-0.2, 0) is 26.3 Å². The number of halogens is 3. The Bertz CT molecular complexity index is 2000. The summed E-state index contributed by atoms with van der Waals surface area (Å²) in [6.07, 6.45) is 1.65. The van der Waals surface area contributed by atoms with E-state index in [0.29, 0.717) is 51.4 Å². The molecule has 10 nitrogen and oxygen atoms in total. The number of alkyl halides is 3. The van der Waals surface area contributed by atoms with E-state index in [1.807, 2.05) is 0 Å². The van der Waals surface area contributed by atoms with Crippen molar-refractivity contribution in [2.75, 3.05) is 29.9 Å². The van der Waals surface area contributed by atoms with Crippen LogP contribution in [0, 0.1) is 28.1 Å². The van der Waals surface area contributed by atoms with E-state index in [9.17, 15) is 23.2 Å². The molecular weight excluding hydrogens is 619 g/mol. The summed E-state index contributed by atoms with van der Waals surface area (Å²) < 4.78 is 45.4. The van der Waals surface area contributed by atoms with Crippen molar-refractivity contribution >= 4 is 17.5 Å². The summed E-state index contributed by atoms with van der Waals surface area (Å²) in [7, 11) is 1.78. The largest absolute Gasteiger partial charge is 0.416 e. The van der Waals surface area contributed by atoms with Crippen LogP contribution in [0.25, 0.3) is 22.5 Å². The lowest BCUT2D eigenvalue weighted by molar-refractivity contribution is -0.138. The first-order valence-electron chi connectivity index (χ1n) is 15.9. The van der Waals surface area contributed by atoms with Crippen LogP contribution in [0.3, 0.4) is 0 Å². The smallest absolute Gasteiger partial charge is 0.369 e. The van der Waals surface area contributed by atoms with E-state index in [1.165, 1.54) is 17.4 Å². The van der Waals surface area contributed by atoms with Crippen molar-refractivity contribution in [2.45, 2.75) is 51.4 Å². The fraction of sp³-hybridized carbons (Fsp3) is 0.371. The number of nitriles is 2. The van der Waals surface area contributed by atoms with Gasteiger partial charge in [0.05, 0.1) is 36.2 Å². The molecule has 244 valence electrons. The molecule has 2 aromatic heterocycles. The Labute approximate surface area is 275 Å². The molecule has 7 rings (SSSR count). The Hall–Kier alpha value is -5.27. The lowest BCUT2D eigenvalue weighted by Crippen LogP contribution is -2.33. The van der Waals surface area contributed by atoms with Gasteiger partial charge < -0.3 is 9.88 Å². The number of rotatable bonds is 8. The van der Waals surface area contributed by atoms with E-state index in [-0.39, 0.29) is 36.5 Å². The van der Waals surface area contributed by atoms with Gasteiger partial charge >= 0.3 is 6.18 Å². The maximum Gasteiger partial charge on any atom is 0.416 e. The fourth-order valence-corrected chi connectivity index (χ4v) is 7.22. The number of benzene rings is 2. The molecule has 0 atom stereocenters. The van der Waals surface area contributed by atoms with Crippen LogP contribution in [0.15, 0.2) is 48.8 Å². The highest BCUT2D eigenvalue weighted by Gasteiger charge is 2.44. The monoisotopic (exact) mass is 651 g/mol. The van der Waals surface area contributed by atoms with Crippen molar-refractivity contribution in [3.63, 3.8) is 0 Å². The van der Waals surface area contributed by atoms with Gasteiger partial charge in [0.1, 0.15) is 18.0 Å². The number of aryl methyl sites for hydroxylation is 1. The summed E-state index contributed by atoms with van der Waals surface area (Å²) in [5.41, 5.74) is 2.07. The highest BCUT2D eigenvalue weighted by molar-refractivity contribution is 6.10. The molecule has 1 saturated heterocycles. The number of fused-ring (bicyclic) bond motifs is 1. The summed E-state index contributed by atoms with van der Waals surface area (Å²) in [5.74, 6) is 0.422. The lowest BCUT2D eigenvalue weighted by Gasteiger charge is -2.38. The minimum absolute atomic E-state index is 0.0230. The van der Waals surface area contributed by atoms with Gasteiger partial charge in [-0.25, -0.2) is 4.98 Å². The first kappa shape index (κ1) is 31.3.